The molecule has 0 atom stereocenters. The number of nitrogens with zero attached hydrogens (tertiary/aromatic N) is 2. The van der Waals surface area contributed by atoms with Crippen molar-refractivity contribution in [3.63, 3.8) is 0 Å². The molecular weight excluding hydrogens is 345 g/mol. The van der Waals surface area contributed by atoms with Crippen LogP contribution < -0.4 is 5.32 Å². The van der Waals surface area contributed by atoms with Crippen LogP contribution in [0.2, 0.25) is 0 Å². The van der Waals surface area contributed by atoms with Gasteiger partial charge in [0.1, 0.15) is 11.6 Å². The summed E-state index contributed by atoms with van der Waals surface area (Å²) < 4.78 is 12.9. The molecule has 27 heavy (non-hydrogen) atoms. The largest absolute Gasteiger partial charge is 0.361 e. The summed E-state index contributed by atoms with van der Waals surface area (Å²) in [6.45, 7) is 0. The molecule has 0 saturated carbocycles. The quantitative estimate of drug-likeness (QED) is 0.489. The SMILES string of the molecule is O=C(CCc1c[nH]c2ccccc12)Nc1n[nH]c(Cc2ccc(F)cc2)n1. The summed E-state index contributed by atoms with van der Waals surface area (Å²) in [6, 6.07) is 14.2. The van der Waals surface area contributed by atoms with Crippen molar-refractivity contribution in [3.05, 3.63) is 77.5 Å². The van der Waals surface area contributed by atoms with Crippen LogP contribution in [0.15, 0.2) is 54.7 Å². The monoisotopic (exact) mass is 363 g/mol. The van der Waals surface area contributed by atoms with Crippen molar-refractivity contribution in [3.8, 4) is 0 Å². The Bertz CT molecular complexity index is 1070. The third kappa shape index (κ3) is 4.03. The number of amides is 1. The van der Waals surface area contributed by atoms with Crippen LogP contribution in [0, 0.1) is 5.82 Å². The van der Waals surface area contributed by atoms with Crippen molar-refractivity contribution in [2.75, 3.05) is 5.32 Å². The maximum Gasteiger partial charge on any atom is 0.248 e. The average molecular weight is 363 g/mol. The first-order chi connectivity index (χ1) is 13.2. The molecule has 4 aromatic rings. The number of carbonyl (C=O) groups is 1. The molecular formula is C20H18FN5O. The number of carbonyl (C=O) groups excluding carboxylic acids is 1. The zero-order valence-electron chi connectivity index (χ0n) is 14.5. The Morgan fingerprint density at radius 3 is 2.78 bits per heavy atom. The van der Waals surface area contributed by atoms with Gasteiger partial charge in [0.2, 0.25) is 11.9 Å². The van der Waals surface area contributed by atoms with Crippen LogP contribution in [0.3, 0.4) is 0 Å². The Balaban J connectivity index is 1.33. The van der Waals surface area contributed by atoms with Crippen molar-refractivity contribution in [2.24, 2.45) is 0 Å². The van der Waals surface area contributed by atoms with E-state index in [9.17, 15) is 9.18 Å². The Hall–Kier alpha value is -3.48. The molecule has 0 aliphatic carbocycles. The number of fused-ring (bicyclic) bond motifs is 1. The van der Waals surface area contributed by atoms with E-state index in [1.54, 1.807) is 12.1 Å². The highest BCUT2D eigenvalue weighted by atomic mass is 19.1. The van der Waals surface area contributed by atoms with Gasteiger partial charge in [-0.2, -0.15) is 4.98 Å². The number of nitrogens with one attached hydrogen (secondary N) is 3. The lowest BCUT2D eigenvalue weighted by Gasteiger charge is -2.01. The van der Waals surface area contributed by atoms with Gasteiger partial charge in [-0.05, 0) is 35.7 Å². The molecule has 0 aliphatic heterocycles. The minimum atomic E-state index is -0.278. The topological polar surface area (TPSA) is 86.5 Å². The molecule has 0 aliphatic rings. The minimum absolute atomic E-state index is 0.146. The van der Waals surface area contributed by atoms with Crippen molar-refractivity contribution in [1.82, 2.24) is 20.2 Å². The summed E-state index contributed by atoms with van der Waals surface area (Å²) in [7, 11) is 0. The molecule has 0 spiro atoms. The molecule has 6 nitrogen and oxygen atoms in total. The first-order valence-corrected chi connectivity index (χ1v) is 8.68. The molecule has 4 rings (SSSR count). The number of aromatic nitrogens is 4. The van der Waals surface area contributed by atoms with Gasteiger partial charge in [0.05, 0.1) is 0 Å². The second-order valence-electron chi connectivity index (χ2n) is 6.32. The third-order valence-electron chi connectivity index (χ3n) is 4.36. The Morgan fingerprint density at radius 2 is 1.93 bits per heavy atom. The van der Waals surface area contributed by atoms with E-state index in [0.29, 0.717) is 25.1 Å². The number of halogens is 1. The number of anilines is 1. The zero-order valence-corrected chi connectivity index (χ0v) is 14.5. The fourth-order valence-electron chi connectivity index (χ4n) is 3.00. The Kier molecular flexibility index (Phi) is 4.65. The lowest BCUT2D eigenvalue weighted by molar-refractivity contribution is -0.116. The van der Waals surface area contributed by atoms with Crippen LogP contribution in [0.4, 0.5) is 10.3 Å². The van der Waals surface area contributed by atoms with Crippen LogP contribution in [0.25, 0.3) is 10.9 Å². The number of para-hydroxylation sites is 1. The first-order valence-electron chi connectivity index (χ1n) is 8.68. The van der Waals surface area contributed by atoms with Gasteiger partial charge in [-0.15, -0.1) is 5.10 Å². The van der Waals surface area contributed by atoms with Crippen LogP contribution in [-0.2, 0) is 17.6 Å². The van der Waals surface area contributed by atoms with Crippen molar-refractivity contribution in [1.29, 1.82) is 0 Å². The van der Waals surface area contributed by atoms with Gasteiger partial charge in [-0.25, -0.2) is 4.39 Å². The normalized spacial score (nSPS) is 11.0. The lowest BCUT2D eigenvalue weighted by atomic mass is 10.1. The second-order valence-corrected chi connectivity index (χ2v) is 6.32. The molecule has 0 fully saturated rings. The summed E-state index contributed by atoms with van der Waals surface area (Å²) in [5.41, 5.74) is 3.07. The van der Waals surface area contributed by atoms with E-state index in [4.69, 9.17) is 0 Å². The number of aromatic amines is 2. The molecule has 0 saturated heterocycles. The number of H-pyrrole nitrogens is 2. The van der Waals surface area contributed by atoms with Gasteiger partial charge in [0.25, 0.3) is 0 Å². The molecule has 2 aromatic carbocycles. The maximum absolute atomic E-state index is 12.9. The van der Waals surface area contributed by atoms with E-state index in [2.05, 4.69) is 25.5 Å². The highest BCUT2D eigenvalue weighted by molar-refractivity contribution is 5.90. The maximum atomic E-state index is 12.9. The van der Waals surface area contributed by atoms with E-state index in [1.807, 2.05) is 30.5 Å². The molecule has 1 amide bonds. The van der Waals surface area contributed by atoms with Gasteiger partial charge in [-0.1, -0.05) is 30.3 Å². The van der Waals surface area contributed by atoms with Crippen molar-refractivity contribution < 1.29 is 9.18 Å². The first kappa shape index (κ1) is 17.0. The van der Waals surface area contributed by atoms with Gasteiger partial charge >= 0.3 is 0 Å². The molecule has 3 N–H and O–H groups in total. The van der Waals surface area contributed by atoms with E-state index < -0.39 is 0 Å². The Labute approximate surface area is 154 Å². The van der Waals surface area contributed by atoms with Gasteiger partial charge in [-0.3, -0.25) is 15.2 Å². The lowest BCUT2D eigenvalue weighted by Crippen LogP contribution is -2.13. The van der Waals surface area contributed by atoms with Crippen molar-refractivity contribution >= 4 is 22.8 Å². The fourth-order valence-corrected chi connectivity index (χ4v) is 3.00. The van der Waals surface area contributed by atoms with Gasteiger partial charge < -0.3 is 4.98 Å². The highest BCUT2D eigenvalue weighted by Gasteiger charge is 2.10. The summed E-state index contributed by atoms with van der Waals surface area (Å²) in [5, 5.41) is 10.6. The number of rotatable bonds is 6. The summed E-state index contributed by atoms with van der Waals surface area (Å²) >= 11 is 0. The molecule has 136 valence electrons. The zero-order chi connectivity index (χ0) is 18.6. The molecule has 2 aromatic heterocycles. The summed E-state index contributed by atoms with van der Waals surface area (Å²) in [6.07, 6.45) is 3.39. The predicted molar refractivity (Wildman–Crippen MR) is 101 cm³/mol. The number of aryl methyl sites for hydroxylation is 1. The van der Waals surface area contributed by atoms with Crippen molar-refractivity contribution in [2.45, 2.75) is 19.3 Å². The fraction of sp³-hybridized carbons (Fsp3) is 0.150. The van der Waals surface area contributed by atoms with Crippen LogP contribution in [0.1, 0.15) is 23.4 Å². The van der Waals surface area contributed by atoms with Gasteiger partial charge in [0, 0.05) is 29.9 Å². The smallest absolute Gasteiger partial charge is 0.248 e. The van der Waals surface area contributed by atoms with Crippen LogP contribution in [0.5, 0.6) is 0 Å². The summed E-state index contributed by atoms with van der Waals surface area (Å²) in [5.74, 6) is 0.427. The standard InChI is InChI=1S/C20H18FN5O/c21-15-8-5-13(6-9-15)11-18-23-20(26-25-18)24-19(27)10-7-14-12-22-17-4-2-1-3-16(14)17/h1-6,8-9,12,22H,7,10-11H2,(H2,23,24,25,26,27). The molecule has 7 heteroatoms. The minimum Gasteiger partial charge on any atom is -0.361 e. The number of hydrogen-bond acceptors (Lipinski definition) is 3. The predicted octanol–water partition coefficient (Wildman–Crippen LogP) is 3.59. The average Bonchev–Trinajstić information content (AvgIpc) is 3.29. The van der Waals surface area contributed by atoms with E-state index in [0.717, 1.165) is 22.0 Å². The van der Waals surface area contributed by atoms with Crippen LogP contribution in [-0.4, -0.2) is 26.1 Å². The molecule has 0 unspecified atom stereocenters. The summed E-state index contributed by atoms with van der Waals surface area (Å²) in [4.78, 5) is 19.7. The third-order valence-corrected chi connectivity index (χ3v) is 4.36. The molecule has 0 radical (unpaired) electrons. The van der Waals surface area contributed by atoms with E-state index >= 15 is 0 Å². The molecule has 2 heterocycles. The van der Waals surface area contributed by atoms with E-state index in [-0.39, 0.29) is 17.7 Å². The highest BCUT2D eigenvalue weighted by Crippen LogP contribution is 2.19. The second kappa shape index (κ2) is 7.41. The molecule has 0 bridgehead atoms. The van der Waals surface area contributed by atoms with Gasteiger partial charge in [0.15, 0.2) is 0 Å². The van der Waals surface area contributed by atoms with E-state index in [1.165, 1.54) is 12.1 Å². The van der Waals surface area contributed by atoms with Crippen LogP contribution >= 0.6 is 0 Å². The number of benzene rings is 2. The number of hydrogen-bond donors (Lipinski definition) is 3. The Morgan fingerprint density at radius 1 is 1.11 bits per heavy atom.